The first-order valence-corrected chi connectivity index (χ1v) is 9.81. The first-order valence-electron chi connectivity index (χ1n) is 9.02. The Hall–Kier alpha value is -3.19. The lowest BCUT2D eigenvalue weighted by Crippen LogP contribution is -2.25. The van der Waals surface area contributed by atoms with Gasteiger partial charge in [0.05, 0.1) is 0 Å². The molecular weight excluding hydrogens is 432 g/mol. The van der Waals surface area contributed by atoms with Crippen LogP contribution in [0, 0.1) is 13.8 Å². The number of carbonyl (C=O) groups excluding carboxylic acids is 2. The van der Waals surface area contributed by atoms with Crippen LogP contribution in [0.5, 0.6) is 0 Å². The summed E-state index contributed by atoms with van der Waals surface area (Å²) in [7, 11) is 0. The predicted molar refractivity (Wildman–Crippen MR) is 119 cm³/mol. The van der Waals surface area contributed by atoms with E-state index in [1.165, 1.54) is 6.92 Å². The number of hydrogen-bond acceptors (Lipinski definition) is 3. The summed E-state index contributed by atoms with van der Waals surface area (Å²) in [6.45, 7) is 5.60. The van der Waals surface area contributed by atoms with E-state index >= 15 is 0 Å². The maximum Gasteiger partial charge on any atom is 0.271 e. The Bertz CT molecular complexity index is 1050. The minimum atomic E-state index is -0.387. The van der Waals surface area contributed by atoms with Gasteiger partial charge >= 0.3 is 0 Å². The van der Waals surface area contributed by atoms with E-state index in [9.17, 15) is 9.59 Å². The molecule has 0 aliphatic rings. The number of benzene rings is 2. The fourth-order valence-electron chi connectivity index (χ4n) is 2.84. The highest BCUT2D eigenvalue weighted by Crippen LogP contribution is 2.17. The fourth-order valence-corrected chi connectivity index (χ4v) is 3.11. The van der Waals surface area contributed by atoms with E-state index < -0.39 is 0 Å². The SMILES string of the molecule is C/C(=N\NC(=O)c1ccc(-n2c(C)ccc2C)cc1)C(=O)Nc1ccc(Br)cc1. The van der Waals surface area contributed by atoms with Gasteiger partial charge in [-0.15, -0.1) is 0 Å². The van der Waals surface area contributed by atoms with Crippen molar-refractivity contribution in [1.82, 2.24) is 9.99 Å². The van der Waals surface area contributed by atoms with Gasteiger partial charge in [-0.1, -0.05) is 15.9 Å². The van der Waals surface area contributed by atoms with E-state index in [0.29, 0.717) is 11.3 Å². The highest BCUT2D eigenvalue weighted by molar-refractivity contribution is 9.10. The van der Waals surface area contributed by atoms with Crippen LogP contribution >= 0.6 is 15.9 Å². The molecule has 7 heteroatoms. The third-order valence-corrected chi connectivity index (χ3v) is 4.94. The van der Waals surface area contributed by atoms with Gasteiger partial charge in [-0.05, 0) is 81.4 Å². The Morgan fingerprint density at radius 3 is 2.07 bits per heavy atom. The van der Waals surface area contributed by atoms with E-state index in [4.69, 9.17) is 0 Å². The average Bonchev–Trinajstić information content (AvgIpc) is 3.05. The summed E-state index contributed by atoms with van der Waals surface area (Å²) in [5.41, 5.74) is 6.90. The zero-order valence-corrected chi connectivity index (χ0v) is 17.9. The number of nitrogens with zero attached hydrogens (tertiary/aromatic N) is 2. The normalized spacial score (nSPS) is 11.2. The zero-order chi connectivity index (χ0) is 21.0. The molecule has 0 aliphatic heterocycles. The topological polar surface area (TPSA) is 75.5 Å². The summed E-state index contributed by atoms with van der Waals surface area (Å²) < 4.78 is 3.03. The molecule has 2 amide bonds. The highest BCUT2D eigenvalue weighted by atomic mass is 79.9. The van der Waals surface area contributed by atoms with Crippen LogP contribution < -0.4 is 10.7 Å². The average molecular weight is 453 g/mol. The standard InChI is InChI=1S/C22H21BrN4O2/c1-14-4-5-15(2)27(14)20-12-6-17(7-13-20)22(29)26-25-16(3)21(28)24-19-10-8-18(23)9-11-19/h4-13H,1-3H3,(H,24,28)(H,26,29)/b25-16+. The van der Waals surface area contributed by atoms with Crippen molar-refractivity contribution >= 4 is 39.1 Å². The molecule has 0 bridgehead atoms. The number of nitrogens with one attached hydrogen (secondary N) is 2. The van der Waals surface area contributed by atoms with Crippen molar-refractivity contribution < 1.29 is 9.59 Å². The number of hydrazone groups is 1. The molecule has 0 saturated carbocycles. The zero-order valence-electron chi connectivity index (χ0n) is 16.4. The van der Waals surface area contributed by atoms with Crippen molar-refractivity contribution in [1.29, 1.82) is 0 Å². The molecule has 6 nitrogen and oxygen atoms in total. The molecule has 3 rings (SSSR count). The van der Waals surface area contributed by atoms with Gasteiger partial charge in [0.15, 0.2) is 0 Å². The van der Waals surface area contributed by atoms with Gasteiger partial charge in [-0.25, -0.2) is 5.43 Å². The van der Waals surface area contributed by atoms with Crippen LogP contribution in [0.3, 0.4) is 0 Å². The molecule has 2 aromatic carbocycles. The van der Waals surface area contributed by atoms with Crippen LogP contribution in [0.15, 0.2) is 70.2 Å². The predicted octanol–water partition coefficient (Wildman–Crippen LogP) is 4.60. The molecule has 0 unspecified atom stereocenters. The monoisotopic (exact) mass is 452 g/mol. The molecule has 0 atom stereocenters. The van der Waals surface area contributed by atoms with Gasteiger partial charge in [-0.2, -0.15) is 5.10 Å². The summed E-state index contributed by atoms with van der Waals surface area (Å²) >= 11 is 3.34. The Labute approximate surface area is 177 Å². The minimum Gasteiger partial charge on any atom is -0.321 e. The van der Waals surface area contributed by atoms with Gasteiger partial charge in [0, 0.05) is 32.8 Å². The van der Waals surface area contributed by atoms with E-state index in [1.54, 1.807) is 24.3 Å². The van der Waals surface area contributed by atoms with Crippen molar-refractivity contribution in [3.63, 3.8) is 0 Å². The molecule has 0 aliphatic carbocycles. The number of rotatable bonds is 5. The van der Waals surface area contributed by atoms with E-state index in [-0.39, 0.29) is 17.5 Å². The minimum absolute atomic E-state index is 0.150. The summed E-state index contributed by atoms with van der Waals surface area (Å²) in [5, 5.41) is 6.63. The summed E-state index contributed by atoms with van der Waals surface area (Å²) in [5.74, 6) is -0.769. The second kappa shape index (κ2) is 8.87. The Morgan fingerprint density at radius 1 is 0.897 bits per heavy atom. The summed E-state index contributed by atoms with van der Waals surface area (Å²) in [6.07, 6.45) is 0. The van der Waals surface area contributed by atoms with Gasteiger partial charge in [-0.3, -0.25) is 9.59 Å². The lowest BCUT2D eigenvalue weighted by molar-refractivity contribution is -0.110. The molecule has 0 spiro atoms. The number of amides is 2. The molecule has 3 aromatic rings. The van der Waals surface area contributed by atoms with Crippen LogP contribution in [-0.2, 0) is 4.79 Å². The number of hydrogen-bond donors (Lipinski definition) is 2. The molecule has 0 fully saturated rings. The second-order valence-corrected chi connectivity index (χ2v) is 7.51. The molecule has 1 heterocycles. The number of anilines is 1. The second-order valence-electron chi connectivity index (χ2n) is 6.60. The molecule has 2 N–H and O–H groups in total. The molecule has 1 aromatic heterocycles. The van der Waals surface area contributed by atoms with Crippen molar-refractivity contribution in [2.45, 2.75) is 20.8 Å². The molecule has 148 valence electrons. The molecule has 0 radical (unpaired) electrons. The Morgan fingerprint density at radius 2 is 1.48 bits per heavy atom. The van der Waals surface area contributed by atoms with Crippen molar-refractivity contribution in [3.8, 4) is 5.69 Å². The van der Waals surface area contributed by atoms with E-state index in [1.807, 2.05) is 50.2 Å². The summed E-state index contributed by atoms with van der Waals surface area (Å²) in [4.78, 5) is 24.5. The maximum absolute atomic E-state index is 12.3. The number of aromatic nitrogens is 1. The number of aryl methyl sites for hydroxylation is 2. The first-order chi connectivity index (χ1) is 13.8. The lowest BCUT2D eigenvalue weighted by atomic mass is 10.2. The Kier molecular flexibility index (Phi) is 6.29. The van der Waals surface area contributed by atoms with Gasteiger partial charge in [0.25, 0.3) is 11.8 Å². The molecule has 0 saturated heterocycles. The van der Waals surface area contributed by atoms with E-state index in [0.717, 1.165) is 21.5 Å². The summed E-state index contributed by atoms with van der Waals surface area (Å²) in [6, 6.07) is 18.5. The third-order valence-electron chi connectivity index (χ3n) is 4.41. The largest absolute Gasteiger partial charge is 0.321 e. The first kappa shape index (κ1) is 20.5. The molecular formula is C22H21BrN4O2. The number of halogens is 1. The van der Waals surface area contributed by atoms with Crippen molar-refractivity contribution in [3.05, 3.63) is 82.1 Å². The van der Waals surface area contributed by atoms with Crippen LogP contribution in [-0.4, -0.2) is 22.1 Å². The van der Waals surface area contributed by atoms with E-state index in [2.05, 4.69) is 36.3 Å². The smallest absolute Gasteiger partial charge is 0.271 e. The van der Waals surface area contributed by atoms with Crippen LogP contribution in [0.2, 0.25) is 0 Å². The highest BCUT2D eigenvalue weighted by Gasteiger charge is 2.10. The molecule has 29 heavy (non-hydrogen) atoms. The van der Waals surface area contributed by atoms with Crippen LogP contribution in [0.4, 0.5) is 5.69 Å². The van der Waals surface area contributed by atoms with Crippen LogP contribution in [0.1, 0.15) is 28.7 Å². The maximum atomic E-state index is 12.3. The van der Waals surface area contributed by atoms with Crippen molar-refractivity contribution in [2.75, 3.05) is 5.32 Å². The quantitative estimate of drug-likeness (QED) is 0.438. The van der Waals surface area contributed by atoms with Crippen LogP contribution in [0.25, 0.3) is 5.69 Å². The van der Waals surface area contributed by atoms with Gasteiger partial charge < -0.3 is 9.88 Å². The van der Waals surface area contributed by atoms with Gasteiger partial charge in [0.1, 0.15) is 5.71 Å². The van der Waals surface area contributed by atoms with Gasteiger partial charge in [0.2, 0.25) is 0 Å². The van der Waals surface area contributed by atoms with Crippen molar-refractivity contribution in [2.24, 2.45) is 5.10 Å². The number of carbonyl (C=O) groups is 2. The Balaban J connectivity index is 1.63. The fraction of sp³-hybridized carbons (Fsp3) is 0.136. The lowest BCUT2D eigenvalue weighted by Gasteiger charge is -2.10. The third kappa shape index (κ3) is 5.00.